The fraction of sp³-hybridized carbons (Fsp3) is 0.261. The minimum absolute atomic E-state index is 0.0573. The Balaban J connectivity index is 1.54. The molecule has 1 atom stereocenters. The second kappa shape index (κ2) is 11.4. The predicted octanol–water partition coefficient (Wildman–Crippen LogP) is 3.35. The summed E-state index contributed by atoms with van der Waals surface area (Å²) in [5.74, 6) is -1.32. The Kier molecular flexibility index (Phi) is 8.36. The molecular formula is C23H24FN5O4S. The first-order valence-corrected chi connectivity index (χ1v) is 11.4. The van der Waals surface area contributed by atoms with Crippen molar-refractivity contribution in [3.8, 4) is 0 Å². The summed E-state index contributed by atoms with van der Waals surface area (Å²) < 4.78 is 20.4. The Morgan fingerprint density at radius 2 is 1.82 bits per heavy atom. The van der Waals surface area contributed by atoms with E-state index < -0.39 is 23.7 Å². The first-order valence-electron chi connectivity index (χ1n) is 10.4. The number of hydrogen-bond acceptors (Lipinski definition) is 7. The summed E-state index contributed by atoms with van der Waals surface area (Å²) in [7, 11) is 1.72. The van der Waals surface area contributed by atoms with Gasteiger partial charge in [-0.05, 0) is 50.2 Å². The Labute approximate surface area is 200 Å². The molecule has 34 heavy (non-hydrogen) atoms. The number of carbonyl (C=O) groups is 3. The van der Waals surface area contributed by atoms with E-state index in [1.807, 2.05) is 0 Å². The maximum atomic E-state index is 13.8. The number of nitrogens with zero attached hydrogens (tertiary/aromatic N) is 3. The largest absolute Gasteiger partial charge is 0.462 e. The van der Waals surface area contributed by atoms with E-state index in [4.69, 9.17) is 4.74 Å². The summed E-state index contributed by atoms with van der Waals surface area (Å²) in [5, 5.41) is 14.1. The van der Waals surface area contributed by atoms with Gasteiger partial charge in [0, 0.05) is 12.7 Å². The van der Waals surface area contributed by atoms with E-state index in [1.165, 1.54) is 30.0 Å². The minimum Gasteiger partial charge on any atom is -0.462 e. The molecule has 1 aromatic heterocycles. The third kappa shape index (κ3) is 6.19. The molecule has 11 heteroatoms. The van der Waals surface area contributed by atoms with E-state index in [2.05, 4.69) is 20.8 Å². The molecule has 0 aliphatic rings. The average Bonchev–Trinajstić information content (AvgIpc) is 3.19. The normalized spacial score (nSPS) is 11.5. The van der Waals surface area contributed by atoms with Gasteiger partial charge in [-0.25, -0.2) is 9.18 Å². The molecule has 0 spiro atoms. The molecule has 9 nitrogen and oxygen atoms in total. The number of thioether (sulfide) groups is 1. The molecule has 3 rings (SSSR count). The number of esters is 1. The van der Waals surface area contributed by atoms with Crippen molar-refractivity contribution in [2.75, 3.05) is 17.7 Å². The lowest BCUT2D eigenvalue weighted by Crippen LogP contribution is -2.29. The molecule has 178 valence electrons. The van der Waals surface area contributed by atoms with E-state index in [0.29, 0.717) is 22.2 Å². The van der Waals surface area contributed by atoms with Gasteiger partial charge in [0.1, 0.15) is 5.82 Å². The molecule has 0 aliphatic heterocycles. The summed E-state index contributed by atoms with van der Waals surface area (Å²) >= 11 is 1.18. The Hall–Kier alpha value is -3.73. The lowest BCUT2D eigenvalue weighted by atomic mass is 10.2. The fourth-order valence-corrected chi connectivity index (χ4v) is 3.76. The second-order valence-electron chi connectivity index (χ2n) is 7.21. The van der Waals surface area contributed by atoms with Crippen LogP contribution in [0.1, 0.15) is 46.4 Å². The van der Waals surface area contributed by atoms with Gasteiger partial charge >= 0.3 is 5.97 Å². The van der Waals surface area contributed by atoms with E-state index in [0.717, 1.165) is 0 Å². The van der Waals surface area contributed by atoms with Crippen LogP contribution < -0.4 is 10.6 Å². The van der Waals surface area contributed by atoms with E-state index >= 15 is 0 Å². The van der Waals surface area contributed by atoms with Gasteiger partial charge < -0.3 is 19.9 Å². The third-order valence-corrected chi connectivity index (χ3v) is 5.75. The van der Waals surface area contributed by atoms with Crippen LogP contribution in [-0.2, 0) is 16.6 Å². The van der Waals surface area contributed by atoms with Crippen molar-refractivity contribution in [3.05, 3.63) is 71.3 Å². The fourth-order valence-electron chi connectivity index (χ4n) is 3.04. The molecule has 3 aromatic rings. The number of ether oxygens (including phenoxy) is 1. The Bertz CT molecular complexity index is 1180. The van der Waals surface area contributed by atoms with Gasteiger partial charge in [0.05, 0.1) is 29.5 Å². The highest BCUT2D eigenvalue weighted by Gasteiger charge is 2.20. The van der Waals surface area contributed by atoms with Crippen molar-refractivity contribution in [2.24, 2.45) is 7.05 Å². The highest BCUT2D eigenvalue weighted by Crippen LogP contribution is 2.20. The molecule has 0 saturated heterocycles. The van der Waals surface area contributed by atoms with Crippen LogP contribution in [-0.4, -0.2) is 44.9 Å². The van der Waals surface area contributed by atoms with Crippen molar-refractivity contribution in [1.29, 1.82) is 0 Å². The van der Waals surface area contributed by atoms with Gasteiger partial charge in [0.25, 0.3) is 5.91 Å². The van der Waals surface area contributed by atoms with Crippen LogP contribution in [0, 0.1) is 5.82 Å². The maximum Gasteiger partial charge on any atom is 0.338 e. The van der Waals surface area contributed by atoms with Crippen LogP contribution in [0.4, 0.5) is 10.1 Å². The zero-order valence-electron chi connectivity index (χ0n) is 18.9. The van der Waals surface area contributed by atoms with Gasteiger partial charge in [-0.3, -0.25) is 9.59 Å². The Morgan fingerprint density at radius 1 is 1.12 bits per heavy atom. The highest BCUT2D eigenvalue weighted by atomic mass is 32.2. The summed E-state index contributed by atoms with van der Waals surface area (Å²) in [5.41, 5.74) is 0.886. The lowest BCUT2D eigenvalue weighted by molar-refractivity contribution is -0.113. The predicted molar refractivity (Wildman–Crippen MR) is 125 cm³/mol. The third-order valence-electron chi connectivity index (χ3n) is 4.73. The number of amides is 2. The summed E-state index contributed by atoms with van der Waals surface area (Å²) in [4.78, 5) is 36.4. The van der Waals surface area contributed by atoms with E-state index in [-0.39, 0.29) is 23.8 Å². The average molecular weight is 486 g/mol. The molecule has 2 amide bonds. The molecule has 2 N–H and O–H groups in total. The second-order valence-corrected chi connectivity index (χ2v) is 8.15. The van der Waals surface area contributed by atoms with Crippen LogP contribution >= 0.6 is 11.8 Å². The van der Waals surface area contributed by atoms with Crippen LogP contribution in [0.15, 0.2) is 53.7 Å². The summed E-state index contributed by atoms with van der Waals surface area (Å²) in [6.07, 6.45) is 0. The quantitative estimate of drug-likeness (QED) is 0.353. The molecule has 0 unspecified atom stereocenters. The van der Waals surface area contributed by atoms with Gasteiger partial charge in [0.2, 0.25) is 5.91 Å². The number of anilines is 1. The van der Waals surface area contributed by atoms with Crippen molar-refractivity contribution < 1.29 is 23.5 Å². The number of halogens is 1. The van der Waals surface area contributed by atoms with Crippen LogP contribution in [0.5, 0.6) is 0 Å². The maximum absolute atomic E-state index is 13.8. The van der Waals surface area contributed by atoms with Crippen LogP contribution in [0.2, 0.25) is 0 Å². The van der Waals surface area contributed by atoms with Crippen molar-refractivity contribution >= 4 is 35.2 Å². The monoisotopic (exact) mass is 485 g/mol. The van der Waals surface area contributed by atoms with Gasteiger partial charge in [-0.2, -0.15) is 0 Å². The molecule has 0 bridgehead atoms. The smallest absolute Gasteiger partial charge is 0.338 e. The molecule has 2 aromatic carbocycles. The zero-order valence-corrected chi connectivity index (χ0v) is 19.7. The zero-order chi connectivity index (χ0) is 24.7. The molecule has 1 heterocycles. The van der Waals surface area contributed by atoms with Crippen LogP contribution in [0.25, 0.3) is 0 Å². The topological polar surface area (TPSA) is 115 Å². The number of carbonyl (C=O) groups excluding carboxylic acids is 3. The first-order chi connectivity index (χ1) is 16.3. The van der Waals surface area contributed by atoms with E-state index in [9.17, 15) is 18.8 Å². The standard InChI is InChI=1S/C23H24FN5O4S/c1-4-33-22(32)15-9-11-16(12-10-15)26-19(30)13-34-23-28-27-20(29(23)3)14(2)25-21(31)17-7-5-6-8-18(17)24/h5-12,14H,4,13H2,1-3H3,(H,25,31)(H,26,30)/t14-/m1/s1. The Morgan fingerprint density at radius 3 is 2.50 bits per heavy atom. The van der Waals surface area contributed by atoms with Gasteiger partial charge in [-0.15, -0.1) is 10.2 Å². The number of nitrogens with one attached hydrogen (secondary N) is 2. The summed E-state index contributed by atoms with van der Waals surface area (Å²) in [6.45, 7) is 3.73. The molecular weight excluding hydrogens is 461 g/mol. The van der Waals surface area contributed by atoms with Gasteiger partial charge in [0.15, 0.2) is 11.0 Å². The molecule has 0 fully saturated rings. The van der Waals surface area contributed by atoms with Crippen LogP contribution in [0.3, 0.4) is 0 Å². The molecule has 0 radical (unpaired) electrons. The van der Waals surface area contributed by atoms with Crippen molar-refractivity contribution in [2.45, 2.75) is 25.0 Å². The van der Waals surface area contributed by atoms with Gasteiger partial charge in [-0.1, -0.05) is 23.9 Å². The molecule has 0 saturated carbocycles. The van der Waals surface area contributed by atoms with E-state index in [1.54, 1.807) is 55.8 Å². The lowest BCUT2D eigenvalue weighted by Gasteiger charge is -2.14. The first kappa shape index (κ1) is 24.9. The highest BCUT2D eigenvalue weighted by molar-refractivity contribution is 7.99. The van der Waals surface area contributed by atoms with Crippen molar-refractivity contribution in [1.82, 2.24) is 20.1 Å². The number of hydrogen-bond donors (Lipinski definition) is 2. The minimum atomic E-state index is -0.608. The number of aromatic nitrogens is 3. The number of benzene rings is 2. The number of rotatable bonds is 9. The van der Waals surface area contributed by atoms with Crippen molar-refractivity contribution in [3.63, 3.8) is 0 Å². The molecule has 0 aliphatic carbocycles. The summed E-state index contributed by atoms with van der Waals surface area (Å²) in [6, 6.07) is 11.6. The SMILES string of the molecule is CCOC(=O)c1ccc(NC(=O)CSc2nnc([C@@H](C)NC(=O)c3ccccc3F)n2C)cc1.